The highest BCUT2D eigenvalue weighted by Crippen LogP contribution is 2.32. The van der Waals surface area contributed by atoms with E-state index in [-0.39, 0.29) is 5.92 Å². The highest BCUT2D eigenvalue weighted by Gasteiger charge is 2.12. The van der Waals surface area contributed by atoms with Gasteiger partial charge in [-0.1, -0.05) is 183 Å². The Morgan fingerprint density at radius 2 is 1.17 bits per heavy atom. The Morgan fingerprint density at radius 1 is 0.617 bits per heavy atom. The van der Waals surface area contributed by atoms with Crippen molar-refractivity contribution in [1.29, 1.82) is 0 Å². The van der Waals surface area contributed by atoms with E-state index in [1.807, 2.05) is 0 Å². The van der Waals surface area contributed by atoms with Crippen LogP contribution in [0.5, 0.6) is 0 Å². The maximum atomic E-state index is 4.52. The molecule has 5 aromatic rings. The summed E-state index contributed by atoms with van der Waals surface area (Å²) in [6.45, 7) is 9.00. The molecular weight excluding hydrogens is 565 g/mol. The van der Waals surface area contributed by atoms with Crippen LogP contribution in [0.15, 0.2) is 194 Å². The van der Waals surface area contributed by atoms with Gasteiger partial charge in [0.2, 0.25) is 0 Å². The molecule has 0 aromatic heterocycles. The summed E-state index contributed by atoms with van der Waals surface area (Å²) >= 11 is 0. The van der Waals surface area contributed by atoms with Crippen LogP contribution in [0.1, 0.15) is 60.4 Å². The van der Waals surface area contributed by atoms with E-state index >= 15 is 0 Å². The maximum absolute atomic E-state index is 4.52. The van der Waals surface area contributed by atoms with Gasteiger partial charge in [-0.25, -0.2) is 0 Å². The summed E-state index contributed by atoms with van der Waals surface area (Å²) in [7, 11) is 0. The molecule has 0 amide bonds. The number of rotatable bonds is 10. The van der Waals surface area contributed by atoms with E-state index < -0.39 is 0 Å². The third kappa shape index (κ3) is 8.04. The van der Waals surface area contributed by atoms with E-state index in [4.69, 9.17) is 0 Å². The minimum absolute atomic E-state index is 0.243. The van der Waals surface area contributed by atoms with Gasteiger partial charge in [-0.3, -0.25) is 0 Å². The molecule has 1 unspecified atom stereocenters. The number of allylic oxidation sites excluding steroid dienone is 10. The van der Waals surface area contributed by atoms with Gasteiger partial charge in [-0.15, -0.1) is 0 Å². The van der Waals surface area contributed by atoms with Gasteiger partial charge in [0.05, 0.1) is 0 Å². The molecule has 0 bridgehead atoms. The topological polar surface area (TPSA) is 0 Å². The Balaban J connectivity index is 1.29. The Bertz CT molecular complexity index is 1950. The molecule has 6 rings (SSSR count). The predicted octanol–water partition coefficient (Wildman–Crippen LogP) is 12.9. The van der Waals surface area contributed by atoms with Crippen LogP contribution in [-0.2, 0) is 0 Å². The van der Waals surface area contributed by atoms with Gasteiger partial charge in [0.25, 0.3) is 0 Å². The molecule has 5 aromatic carbocycles. The molecule has 0 nitrogen and oxygen atoms in total. The average molecular weight is 607 g/mol. The lowest BCUT2D eigenvalue weighted by molar-refractivity contribution is 0.969. The van der Waals surface area contributed by atoms with Crippen LogP contribution in [0, 0.1) is 0 Å². The van der Waals surface area contributed by atoms with Crippen LogP contribution in [0.25, 0.3) is 27.8 Å². The van der Waals surface area contributed by atoms with Crippen molar-refractivity contribution in [2.45, 2.75) is 32.6 Å². The quantitative estimate of drug-likeness (QED) is 0.139. The molecule has 0 saturated carbocycles. The fourth-order valence-electron chi connectivity index (χ4n) is 6.16. The first-order valence-electron chi connectivity index (χ1n) is 16.6. The molecule has 0 N–H and O–H groups in total. The second-order valence-electron chi connectivity index (χ2n) is 12.3. The Morgan fingerprint density at radius 3 is 1.79 bits per heavy atom. The largest absolute Gasteiger partial charge is 0.0911 e. The van der Waals surface area contributed by atoms with E-state index in [0.29, 0.717) is 0 Å². The number of hydrogen-bond donors (Lipinski definition) is 0. The van der Waals surface area contributed by atoms with E-state index in [1.165, 1.54) is 55.7 Å². The lowest BCUT2D eigenvalue weighted by atomic mass is 9.89. The molecule has 0 heterocycles. The van der Waals surface area contributed by atoms with Crippen molar-refractivity contribution in [2.75, 3.05) is 0 Å². The van der Waals surface area contributed by atoms with Gasteiger partial charge < -0.3 is 0 Å². The third-order valence-corrected chi connectivity index (χ3v) is 8.93. The molecule has 0 saturated heterocycles. The molecule has 1 atom stereocenters. The molecule has 47 heavy (non-hydrogen) atoms. The zero-order valence-electron chi connectivity index (χ0n) is 27.4. The normalized spacial score (nSPS) is 14.4. The van der Waals surface area contributed by atoms with Gasteiger partial charge in [0.15, 0.2) is 0 Å². The molecule has 0 aliphatic heterocycles. The van der Waals surface area contributed by atoms with Crippen molar-refractivity contribution in [3.63, 3.8) is 0 Å². The van der Waals surface area contributed by atoms with Crippen LogP contribution >= 0.6 is 0 Å². The summed E-state index contributed by atoms with van der Waals surface area (Å²) in [6, 6.07) is 49.8. The SMILES string of the molecule is C=C(/C=C(\C=C(/C)c1ccccc1)C1=CC=CCC1)c1ccc(/C(=C/C(C)c2ccc(-c3ccccc3)cc2)c2ccccc2)cc1. The van der Waals surface area contributed by atoms with Crippen molar-refractivity contribution < 1.29 is 0 Å². The van der Waals surface area contributed by atoms with E-state index in [0.717, 1.165) is 24.0 Å². The summed E-state index contributed by atoms with van der Waals surface area (Å²) in [4.78, 5) is 0. The molecule has 230 valence electrons. The molecule has 1 aliphatic carbocycles. The van der Waals surface area contributed by atoms with Crippen molar-refractivity contribution in [1.82, 2.24) is 0 Å². The maximum Gasteiger partial charge on any atom is -0.000101 e. The highest BCUT2D eigenvalue weighted by molar-refractivity contribution is 5.83. The van der Waals surface area contributed by atoms with E-state index in [1.54, 1.807) is 0 Å². The molecule has 0 heteroatoms. The first-order valence-corrected chi connectivity index (χ1v) is 16.6. The van der Waals surface area contributed by atoms with Crippen molar-refractivity contribution in [2.24, 2.45) is 0 Å². The first-order chi connectivity index (χ1) is 23.0. The molecule has 0 radical (unpaired) electrons. The molecule has 0 fully saturated rings. The predicted molar refractivity (Wildman–Crippen MR) is 204 cm³/mol. The average Bonchev–Trinajstić information content (AvgIpc) is 3.15. The van der Waals surface area contributed by atoms with Gasteiger partial charge in [-0.05, 0) is 98.6 Å². The summed E-state index contributed by atoms with van der Waals surface area (Å²) < 4.78 is 0. The monoisotopic (exact) mass is 606 g/mol. The van der Waals surface area contributed by atoms with E-state index in [9.17, 15) is 0 Å². The van der Waals surface area contributed by atoms with Crippen LogP contribution in [0.4, 0.5) is 0 Å². The Hall–Kier alpha value is -5.46. The zero-order chi connectivity index (χ0) is 32.4. The smallest absolute Gasteiger partial charge is 0.000101 e. The lowest BCUT2D eigenvalue weighted by Crippen LogP contribution is -1.95. The Labute approximate surface area is 281 Å². The first kappa shape index (κ1) is 31.5. The minimum Gasteiger partial charge on any atom is -0.0911 e. The fraction of sp³-hybridized carbons (Fsp3) is 0.106. The zero-order valence-corrected chi connectivity index (χ0v) is 27.4. The summed E-state index contributed by atoms with van der Waals surface area (Å²) in [5.74, 6) is 0.243. The number of hydrogen-bond acceptors (Lipinski definition) is 0. The minimum atomic E-state index is 0.243. The van der Waals surface area contributed by atoms with Crippen LogP contribution < -0.4 is 0 Å². The van der Waals surface area contributed by atoms with Gasteiger partial charge in [0.1, 0.15) is 0 Å². The lowest BCUT2D eigenvalue weighted by Gasteiger charge is -2.15. The third-order valence-electron chi connectivity index (χ3n) is 8.93. The second kappa shape index (κ2) is 15.2. The molecule has 0 spiro atoms. The van der Waals surface area contributed by atoms with Crippen LogP contribution in [0.3, 0.4) is 0 Å². The van der Waals surface area contributed by atoms with Crippen LogP contribution in [0.2, 0.25) is 0 Å². The second-order valence-corrected chi connectivity index (χ2v) is 12.3. The van der Waals surface area contributed by atoms with Crippen molar-refractivity contribution in [3.8, 4) is 11.1 Å². The standard InChI is InChI=1S/C47H42/c1-35(38-16-8-4-9-17-38)32-46(42-20-12-6-13-21-42)33-36(2)39-26-30-45(31-27-39)47(44-22-14-7-15-23-44)34-37(3)40-24-28-43(29-25-40)41-18-10-5-11-19-41/h4-12,14-20,22-34,37H,2,13,21H2,1,3H3/b35-32+,46-33+,47-34+. The Kier molecular flexibility index (Phi) is 10.2. The van der Waals surface area contributed by atoms with Crippen molar-refractivity contribution >= 4 is 16.7 Å². The van der Waals surface area contributed by atoms with Gasteiger partial charge in [0, 0.05) is 0 Å². The number of benzene rings is 5. The summed E-state index contributed by atoms with van der Waals surface area (Å²) in [5, 5.41) is 0. The van der Waals surface area contributed by atoms with Gasteiger partial charge >= 0.3 is 0 Å². The molecular formula is C47H42. The van der Waals surface area contributed by atoms with Crippen molar-refractivity contribution in [3.05, 3.63) is 222 Å². The molecule has 1 aliphatic rings. The van der Waals surface area contributed by atoms with E-state index in [2.05, 4.69) is 196 Å². The highest BCUT2D eigenvalue weighted by atomic mass is 14.2. The summed E-state index contributed by atoms with van der Waals surface area (Å²) in [6.07, 6.45) is 15.7. The fourth-order valence-corrected chi connectivity index (χ4v) is 6.16. The summed E-state index contributed by atoms with van der Waals surface area (Å²) in [5.41, 5.74) is 14.6. The van der Waals surface area contributed by atoms with Crippen LogP contribution in [-0.4, -0.2) is 0 Å². The van der Waals surface area contributed by atoms with Gasteiger partial charge in [-0.2, -0.15) is 0 Å².